The molecule has 2 N–H and O–H groups in total. The quantitative estimate of drug-likeness (QED) is 0.371. The molecule has 10 heteroatoms. The number of halogens is 1. The van der Waals surface area contributed by atoms with Crippen molar-refractivity contribution in [1.29, 1.82) is 0 Å². The van der Waals surface area contributed by atoms with Gasteiger partial charge in [-0.25, -0.2) is 0 Å². The van der Waals surface area contributed by atoms with E-state index < -0.39 is 36.2 Å². The summed E-state index contributed by atoms with van der Waals surface area (Å²) in [6.45, 7) is -0.783. The molecule has 0 aliphatic carbocycles. The molecule has 0 spiro atoms. The highest BCUT2D eigenvalue weighted by atomic mass is 79.9. The third-order valence-electron chi connectivity index (χ3n) is 4.20. The zero-order valence-corrected chi connectivity index (χ0v) is 17.1. The summed E-state index contributed by atoms with van der Waals surface area (Å²) in [5, 5.41) is 0. The van der Waals surface area contributed by atoms with Gasteiger partial charge in [0.05, 0.1) is 17.5 Å². The molecular formula is C20H16BrN3O6. The van der Waals surface area contributed by atoms with Crippen LogP contribution in [0.25, 0.3) is 0 Å². The van der Waals surface area contributed by atoms with Crippen LogP contribution in [0.2, 0.25) is 0 Å². The molecule has 0 radical (unpaired) electrons. The maximum Gasteiger partial charge on any atom is 0.308 e. The number of nitrogens with one attached hydrogen (secondary N) is 2. The van der Waals surface area contributed by atoms with Gasteiger partial charge in [-0.05, 0) is 36.4 Å². The molecule has 9 nitrogen and oxygen atoms in total. The van der Waals surface area contributed by atoms with Crippen LogP contribution in [0.5, 0.6) is 0 Å². The molecule has 0 atom stereocenters. The second kappa shape index (κ2) is 9.31. The number of hydrogen-bond acceptors (Lipinski definition) is 6. The fraction of sp³-hybridized carbons (Fsp3) is 0.150. The number of esters is 1. The number of fused-ring (bicyclic) bond motifs is 1. The Morgan fingerprint density at radius 1 is 0.900 bits per heavy atom. The van der Waals surface area contributed by atoms with Crippen LogP contribution in [0, 0.1) is 0 Å². The van der Waals surface area contributed by atoms with Crippen LogP contribution in [0.1, 0.15) is 37.5 Å². The predicted octanol–water partition coefficient (Wildman–Crippen LogP) is 1.44. The lowest BCUT2D eigenvalue weighted by Gasteiger charge is -2.13. The number of imide groups is 1. The third-order valence-corrected chi connectivity index (χ3v) is 4.73. The Labute approximate surface area is 179 Å². The van der Waals surface area contributed by atoms with Crippen molar-refractivity contribution in [3.63, 3.8) is 0 Å². The van der Waals surface area contributed by atoms with E-state index in [1.807, 2.05) is 0 Å². The zero-order valence-electron chi connectivity index (χ0n) is 15.5. The van der Waals surface area contributed by atoms with Crippen molar-refractivity contribution in [1.82, 2.24) is 15.8 Å². The van der Waals surface area contributed by atoms with E-state index in [-0.39, 0.29) is 24.1 Å². The SMILES string of the molecule is O=C(COC(=O)CCN1C(=O)c2ccccc2C1=O)NNC(=O)c1ccc(Br)cc1. The first kappa shape index (κ1) is 21.2. The van der Waals surface area contributed by atoms with E-state index in [4.69, 9.17) is 4.74 Å². The lowest BCUT2D eigenvalue weighted by molar-refractivity contribution is -0.148. The predicted molar refractivity (Wildman–Crippen MR) is 107 cm³/mol. The van der Waals surface area contributed by atoms with Crippen LogP contribution < -0.4 is 10.9 Å². The molecule has 1 aliphatic heterocycles. The van der Waals surface area contributed by atoms with E-state index in [1.54, 1.807) is 48.5 Å². The highest BCUT2D eigenvalue weighted by molar-refractivity contribution is 9.10. The first-order valence-corrected chi connectivity index (χ1v) is 9.61. The standard InChI is InChI=1S/C20H16BrN3O6/c21-13-7-5-12(6-8-13)18(27)23-22-16(25)11-30-17(26)9-10-24-19(28)14-3-1-2-4-15(14)20(24)29/h1-8H,9-11H2,(H,22,25)(H,23,27). The zero-order chi connectivity index (χ0) is 21.7. The lowest BCUT2D eigenvalue weighted by atomic mass is 10.1. The van der Waals surface area contributed by atoms with Crippen molar-refractivity contribution in [3.8, 4) is 0 Å². The molecule has 0 aromatic heterocycles. The molecule has 0 bridgehead atoms. The Morgan fingerprint density at radius 2 is 1.50 bits per heavy atom. The van der Waals surface area contributed by atoms with Gasteiger partial charge in [0.1, 0.15) is 0 Å². The van der Waals surface area contributed by atoms with Gasteiger partial charge >= 0.3 is 5.97 Å². The van der Waals surface area contributed by atoms with E-state index in [0.29, 0.717) is 5.56 Å². The van der Waals surface area contributed by atoms with Gasteiger partial charge in [-0.15, -0.1) is 0 Å². The van der Waals surface area contributed by atoms with Gasteiger partial charge in [0.2, 0.25) is 0 Å². The van der Waals surface area contributed by atoms with Crippen LogP contribution in [0.4, 0.5) is 0 Å². The summed E-state index contributed by atoms with van der Waals surface area (Å²) < 4.78 is 5.61. The Hall–Kier alpha value is -3.53. The number of hydrogen-bond donors (Lipinski definition) is 2. The minimum Gasteiger partial charge on any atom is -0.455 e. The molecule has 154 valence electrons. The Balaban J connectivity index is 1.39. The Morgan fingerprint density at radius 3 is 2.10 bits per heavy atom. The van der Waals surface area contributed by atoms with Gasteiger partial charge in [-0.2, -0.15) is 0 Å². The maximum absolute atomic E-state index is 12.2. The van der Waals surface area contributed by atoms with E-state index >= 15 is 0 Å². The molecule has 3 rings (SSSR count). The highest BCUT2D eigenvalue weighted by Gasteiger charge is 2.35. The van der Waals surface area contributed by atoms with Crippen molar-refractivity contribution >= 4 is 45.5 Å². The lowest BCUT2D eigenvalue weighted by Crippen LogP contribution is -2.43. The molecular weight excluding hydrogens is 458 g/mol. The molecule has 0 fully saturated rings. The number of nitrogens with zero attached hydrogens (tertiary/aromatic N) is 1. The molecule has 2 aromatic carbocycles. The average molecular weight is 474 g/mol. The second-order valence-corrected chi connectivity index (χ2v) is 7.14. The molecule has 4 amide bonds. The van der Waals surface area contributed by atoms with Crippen molar-refractivity contribution in [2.24, 2.45) is 0 Å². The van der Waals surface area contributed by atoms with Crippen molar-refractivity contribution in [2.45, 2.75) is 6.42 Å². The average Bonchev–Trinajstić information content (AvgIpc) is 2.99. The van der Waals surface area contributed by atoms with E-state index in [2.05, 4.69) is 26.8 Å². The number of ether oxygens (including phenoxy) is 1. The van der Waals surface area contributed by atoms with Gasteiger partial charge < -0.3 is 4.74 Å². The largest absolute Gasteiger partial charge is 0.455 e. The van der Waals surface area contributed by atoms with Crippen LogP contribution in [-0.4, -0.2) is 47.6 Å². The summed E-state index contributed by atoms with van der Waals surface area (Å²) in [5.74, 6) is -2.99. The van der Waals surface area contributed by atoms with Gasteiger partial charge in [0.15, 0.2) is 6.61 Å². The van der Waals surface area contributed by atoms with Gasteiger partial charge in [0.25, 0.3) is 23.6 Å². The summed E-state index contributed by atoms with van der Waals surface area (Å²) in [6, 6.07) is 12.8. The fourth-order valence-electron chi connectivity index (χ4n) is 2.70. The molecule has 1 aliphatic rings. The number of amides is 4. The maximum atomic E-state index is 12.2. The number of rotatable bonds is 6. The minimum absolute atomic E-state index is 0.160. The van der Waals surface area contributed by atoms with Gasteiger partial charge in [-0.3, -0.25) is 39.7 Å². The van der Waals surface area contributed by atoms with Gasteiger partial charge in [-0.1, -0.05) is 28.1 Å². The molecule has 1 heterocycles. The van der Waals surface area contributed by atoms with Crippen LogP contribution in [0.3, 0.4) is 0 Å². The number of hydrazine groups is 1. The van der Waals surface area contributed by atoms with E-state index in [1.165, 1.54) is 0 Å². The van der Waals surface area contributed by atoms with Crippen molar-refractivity contribution < 1.29 is 28.7 Å². The summed E-state index contributed by atoms with van der Waals surface area (Å²) in [5.41, 5.74) is 5.23. The van der Waals surface area contributed by atoms with Crippen LogP contribution in [-0.2, 0) is 14.3 Å². The first-order chi connectivity index (χ1) is 14.4. The second-order valence-electron chi connectivity index (χ2n) is 6.23. The topological polar surface area (TPSA) is 122 Å². The summed E-state index contributed by atoms with van der Waals surface area (Å²) in [6.07, 6.45) is -0.260. The Kier molecular flexibility index (Phi) is 6.58. The molecule has 0 unspecified atom stereocenters. The van der Waals surface area contributed by atoms with Crippen LogP contribution in [0.15, 0.2) is 53.0 Å². The summed E-state index contributed by atoms with van der Waals surface area (Å²) >= 11 is 3.25. The minimum atomic E-state index is -0.763. The molecule has 0 saturated carbocycles. The van der Waals surface area contributed by atoms with Crippen molar-refractivity contribution in [2.75, 3.05) is 13.2 Å². The summed E-state index contributed by atoms with van der Waals surface area (Å²) in [4.78, 5) is 60.8. The molecule has 2 aromatic rings. The monoisotopic (exact) mass is 473 g/mol. The molecule has 30 heavy (non-hydrogen) atoms. The Bertz CT molecular complexity index is 986. The molecule has 0 saturated heterocycles. The van der Waals surface area contributed by atoms with Crippen molar-refractivity contribution in [3.05, 3.63) is 69.7 Å². The highest BCUT2D eigenvalue weighted by Crippen LogP contribution is 2.22. The number of benzene rings is 2. The van der Waals surface area contributed by atoms with Crippen LogP contribution >= 0.6 is 15.9 Å². The van der Waals surface area contributed by atoms with E-state index in [0.717, 1.165) is 9.37 Å². The third kappa shape index (κ3) is 4.90. The smallest absolute Gasteiger partial charge is 0.308 e. The van der Waals surface area contributed by atoms with E-state index in [9.17, 15) is 24.0 Å². The number of carbonyl (C=O) groups is 5. The summed E-state index contributed by atoms with van der Waals surface area (Å²) in [7, 11) is 0. The van der Waals surface area contributed by atoms with Gasteiger partial charge in [0, 0.05) is 16.6 Å². The number of carbonyl (C=O) groups excluding carboxylic acids is 5. The fourth-order valence-corrected chi connectivity index (χ4v) is 2.96. The first-order valence-electron chi connectivity index (χ1n) is 8.82. The normalized spacial score (nSPS) is 12.4.